The first kappa shape index (κ1) is 13.6. The van der Waals surface area contributed by atoms with Gasteiger partial charge in [-0.25, -0.2) is 0 Å². The highest BCUT2D eigenvalue weighted by atomic mass is 35.5. The van der Waals surface area contributed by atoms with Gasteiger partial charge in [0.2, 0.25) is 0 Å². The summed E-state index contributed by atoms with van der Waals surface area (Å²) >= 11 is 23.3. The van der Waals surface area contributed by atoms with E-state index in [2.05, 4.69) is 10.2 Å². The quantitative estimate of drug-likeness (QED) is 0.549. The predicted molar refractivity (Wildman–Crippen MR) is 77.1 cm³/mol. The molecule has 0 aliphatic rings. The average molecular weight is 320 g/mol. The Balaban J connectivity index is 2.24. The Kier molecular flexibility index (Phi) is 4.46. The molecule has 2 aromatic rings. The summed E-state index contributed by atoms with van der Waals surface area (Å²) < 4.78 is 0. The summed E-state index contributed by atoms with van der Waals surface area (Å²) in [7, 11) is 0. The van der Waals surface area contributed by atoms with Crippen LogP contribution in [0.15, 0.2) is 46.6 Å². The second kappa shape index (κ2) is 5.89. The highest BCUT2D eigenvalue weighted by Crippen LogP contribution is 2.30. The topological polar surface area (TPSA) is 24.7 Å². The third-order valence-corrected chi connectivity index (χ3v) is 3.57. The van der Waals surface area contributed by atoms with Crippen LogP contribution in [0.25, 0.3) is 0 Å². The van der Waals surface area contributed by atoms with E-state index in [4.69, 9.17) is 46.4 Å². The summed E-state index contributed by atoms with van der Waals surface area (Å²) in [5.41, 5.74) is 1.21. The minimum atomic E-state index is 0.433. The highest BCUT2D eigenvalue weighted by molar-refractivity contribution is 6.42. The van der Waals surface area contributed by atoms with Crippen LogP contribution >= 0.6 is 46.4 Å². The van der Waals surface area contributed by atoms with Crippen molar-refractivity contribution in [3.63, 3.8) is 0 Å². The summed E-state index contributed by atoms with van der Waals surface area (Å²) in [6.45, 7) is 0. The minimum absolute atomic E-state index is 0.433. The van der Waals surface area contributed by atoms with E-state index in [1.54, 1.807) is 36.4 Å². The van der Waals surface area contributed by atoms with Crippen LogP contribution in [0.4, 0.5) is 11.4 Å². The maximum atomic E-state index is 5.87. The Labute approximate surface area is 124 Å². The summed E-state index contributed by atoms with van der Waals surface area (Å²) in [4.78, 5) is 0. The van der Waals surface area contributed by atoms with E-state index in [0.29, 0.717) is 31.5 Å². The van der Waals surface area contributed by atoms with Crippen LogP contribution in [0.2, 0.25) is 20.1 Å². The molecule has 92 valence electrons. The second-order valence-electron chi connectivity index (χ2n) is 3.40. The standard InChI is InChI=1S/C12H6Cl4N2/c13-9-3-1-7(5-11(9)15)17-18-8-2-4-10(14)12(16)6-8/h1-6H. The lowest BCUT2D eigenvalue weighted by molar-refractivity contribution is 1.23. The Bertz CT molecular complexity index is 558. The van der Waals surface area contributed by atoms with E-state index in [0.717, 1.165) is 0 Å². The molecule has 0 bridgehead atoms. The molecule has 0 aliphatic heterocycles. The maximum absolute atomic E-state index is 5.87. The van der Waals surface area contributed by atoms with Gasteiger partial charge in [0.05, 0.1) is 31.5 Å². The van der Waals surface area contributed by atoms with E-state index >= 15 is 0 Å². The van der Waals surface area contributed by atoms with Crippen molar-refractivity contribution in [1.82, 2.24) is 0 Å². The lowest BCUT2D eigenvalue weighted by Gasteiger charge is -1.98. The molecule has 2 nitrogen and oxygen atoms in total. The number of rotatable bonds is 2. The SMILES string of the molecule is Clc1ccc(N=Nc2ccc(Cl)c(Cl)c2)cc1Cl. The maximum Gasteiger partial charge on any atom is 0.0872 e. The van der Waals surface area contributed by atoms with Crippen molar-refractivity contribution >= 4 is 57.8 Å². The first-order valence-electron chi connectivity index (χ1n) is 4.88. The van der Waals surface area contributed by atoms with Gasteiger partial charge in [-0.2, -0.15) is 10.2 Å². The van der Waals surface area contributed by atoms with Gasteiger partial charge in [-0.15, -0.1) is 0 Å². The minimum Gasteiger partial charge on any atom is -0.151 e. The Hall–Kier alpha value is -0.800. The zero-order chi connectivity index (χ0) is 13.1. The van der Waals surface area contributed by atoms with E-state index in [1.807, 2.05) is 0 Å². The molecule has 0 radical (unpaired) electrons. The number of hydrogen-bond donors (Lipinski definition) is 0. The predicted octanol–water partition coefficient (Wildman–Crippen LogP) is 6.72. The van der Waals surface area contributed by atoms with Crippen LogP contribution in [-0.2, 0) is 0 Å². The second-order valence-corrected chi connectivity index (χ2v) is 5.03. The molecule has 0 amide bonds. The molecular weight excluding hydrogens is 314 g/mol. The van der Waals surface area contributed by atoms with Crippen molar-refractivity contribution in [2.45, 2.75) is 0 Å². The van der Waals surface area contributed by atoms with Crippen molar-refractivity contribution < 1.29 is 0 Å². The van der Waals surface area contributed by atoms with Gasteiger partial charge < -0.3 is 0 Å². The molecule has 6 heteroatoms. The zero-order valence-electron chi connectivity index (χ0n) is 8.87. The fourth-order valence-electron chi connectivity index (χ4n) is 1.21. The average Bonchev–Trinajstić information content (AvgIpc) is 2.35. The zero-order valence-corrected chi connectivity index (χ0v) is 11.9. The van der Waals surface area contributed by atoms with E-state index in [9.17, 15) is 0 Å². The molecule has 0 fully saturated rings. The van der Waals surface area contributed by atoms with Gasteiger partial charge in [0.15, 0.2) is 0 Å². The first-order valence-corrected chi connectivity index (χ1v) is 6.39. The van der Waals surface area contributed by atoms with Crippen LogP contribution in [-0.4, -0.2) is 0 Å². The molecule has 0 aromatic heterocycles. The molecule has 0 unspecified atom stereocenters. The number of hydrogen-bond acceptors (Lipinski definition) is 2. The van der Waals surface area contributed by atoms with Gasteiger partial charge in [0.25, 0.3) is 0 Å². The van der Waals surface area contributed by atoms with Crippen molar-refractivity contribution in [2.24, 2.45) is 10.2 Å². The normalized spacial score (nSPS) is 11.1. The van der Waals surface area contributed by atoms with E-state index in [1.165, 1.54) is 0 Å². The Morgan fingerprint density at radius 3 is 1.28 bits per heavy atom. The highest BCUT2D eigenvalue weighted by Gasteiger charge is 2.00. The van der Waals surface area contributed by atoms with Crippen molar-refractivity contribution in [3.05, 3.63) is 56.5 Å². The smallest absolute Gasteiger partial charge is 0.0872 e. The molecule has 0 N–H and O–H groups in total. The summed E-state index contributed by atoms with van der Waals surface area (Å²) in [6.07, 6.45) is 0. The lowest BCUT2D eigenvalue weighted by Crippen LogP contribution is -1.70. The molecule has 2 aromatic carbocycles. The van der Waals surface area contributed by atoms with Gasteiger partial charge in [0.1, 0.15) is 0 Å². The summed E-state index contributed by atoms with van der Waals surface area (Å²) in [5.74, 6) is 0. The Morgan fingerprint density at radius 2 is 0.944 bits per heavy atom. The summed E-state index contributed by atoms with van der Waals surface area (Å²) in [6, 6.07) is 10.0. The Morgan fingerprint density at radius 1 is 0.556 bits per heavy atom. The molecule has 18 heavy (non-hydrogen) atoms. The molecule has 0 saturated heterocycles. The van der Waals surface area contributed by atoms with Crippen molar-refractivity contribution in [2.75, 3.05) is 0 Å². The molecular formula is C12H6Cl4N2. The van der Waals surface area contributed by atoms with Crippen LogP contribution < -0.4 is 0 Å². The molecule has 0 saturated carbocycles. The van der Waals surface area contributed by atoms with Crippen LogP contribution in [0.1, 0.15) is 0 Å². The lowest BCUT2D eigenvalue weighted by atomic mass is 10.3. The molecule has 0 spiro atoms. The fraction of sp³-hybridized carbons (Fsp3) is 0. The van der Waals surface area contributed by atoms with E-state index in [-0.39, 0.29) is 0 Å². The third kappa shape index (κ3) is 3.36. The molecule has 0 atom stereocenters. The van der Waals surface area contributed by atoms with Gasteiger partial charge in [-0.05, 0) is 36.4 Å². The molecule has 2 rings (SSSR count). The van der Waals surface area contributed by atoms with Crippen LogP contribution in [0, 0.1) is 0 Å². The number of halogens is 4. The fourth-order valence-corrected chi connectivity index (χ4v) is 1.79. The van der Waals surface area contributed by atoms with Crippen molar-refractivity contribution in [1.29, 1.82) is 0 Å². The van der Waals surface area contributed by atoms with E-state index < -0.39 is 0 Å². The molecule has 0 heterocycles. The largest absolute Gasteiger partial charge is 0.151 e. The van der Waals surface area contributed by atoms with Gasteiger partial charge in [-0.3, -0.25) is 0 Å². The van der Waals surface area contributed by atoms with Crippen LogP contribution in [0.3, 0.4) is 0 Å². The van der Waals surface area contributed by atoms with Crippen molar-refractivity contribution in [3.8, 4) is 0 Å². The van der Waals surface area contributed by atoms with Gasteiger partial charge >= 0.3 is 0 Å². The third-order valence-electron chi connectivity index (χ3n) is 2.09. The van der Waals surface area contributed by atoms with Gasteiger partial charge in [0, 0.05) is 0 Å². The van der Waals surface area contributed by atoms with Gasteiger partial charge in [-0.1, -0.05) is 46.4 Å². The molecule has 0 aliphatic carbocycles. The first-order chi connectivity index (χ1) is 8.56. The number of nitrogens with zero attached hydrogens (tertiary/aromatic N) is 2. The van der Waals surface area contributed by atoms with Crippen LogP contribution in [0.5, 0.6) is 0 Å². The number of benzene rings is 2. The monoisotopic (exact) mass is 318 g/mol. The summed E-state index contributed by atoms with van der Waals surface area (Å²) in [5, 5.41) is 9.88. The number of azo groups is 1.